The predicted octanol–water partition coefficient (Wildman–Crippen LogP) is 7.61. The van der Waals surface area contributed by atoms with Crippen molar-refractivity contribution in [1.29, 1.82) is 0 Å². The summed E-state index contributed by atoms with van der Waals surface area (Å²) in [5, 5.41) is 13.2. The van der Waals surface area contributed by atoms with Gasteiger partial charge in [-0.15, -0.1) is 0 Å². The third-order valence-electron chi connectivity index (χ3n) is 6.70. The van der Waals surface area contributed by atoms with Crippen molar-refractivity contribution in [2.75, 3.05) is 5.32 Å². The fraction of sp³-hybridized carbons (Fsp3) is 0.462. The summed E-state index contributed by atoms with van der Waals surface area (Å²) < 4.78 is 28.1. The molecule has 8 heteroatoms. The summed E-state index contributed by atoms with van der Waals surface area (Å²) in [4.78, 5) is 25.1. The number of halogens is 4. The molecular weight excluding hydrogens is 483 g/mol. The lowest BCUT2D eigenvalue weighted by Crippen LogP contribution is -2.28. The smallest absolute Gasteiger partial charge is 0.306 e. The molecule has 34 heavy (non-hydrogen) atoms. The first-order chi connectivity index (χ1) is 15.9. The summed E-state index contributed by atoms with van der Waals surface area (Å²) in [6.07, 6.45) is -0.394. The van der Waals surface area contributed by atoms with Gasteiger partial charge in [-0.25, -0.2) is 8.78 Å². The molecule has 3 rings (SSSR count). The molecule has 1 aliphatic rings. The summed E-state index contributed by atoms with van der Waals surface area (Å²) in [6.45, 7) is 5.53. The summed E-state index contributed by atoms with van der Waals surface area (Å²) >= 11 is 12.4. The molecular formula is C26H29Cl2F2NO3. The number of hydrogen-bond donors (Lipinski definition) is 2. The van der Waals surface area contributed by atoms with Crippen molar-refractivity contribution in [3.63, 3.8) is 0 Å². The van der Waals surface area contributed by atoms with E-state index in [0.29, 0.717) is 16.3 Å². The van der Waals surface area contributed by atoms with E-state index in [1.165, 1.54) is 0 Å². The Morgan fingerprint density at radius 1 is 1.06 bits per heavy atom. The minimum Gasteiger partial charge on any atom is -0.481 e. The maximum atomic E-state index is 14.0. The Balaban J connectivity index is 1.94. The van der Waals surface area contributed by atoms with Crippen LogP contribution in [0.5, 0.6) is 0 Å². The van der Waals surface area contributed by atoms with Gasteiger partial charge in [0.2, 0.25) is 11.8 Å². The Morgan fingerprint density at radius 3 is 2.21 bits per heavy atom. The highest BCUT2D eigenvalue weighted by molar-refractivity contribution is 6.33. The zero-order valence-electron chi connectivity index (χ0n) is 19.3. The molecule has 0 aliphatic heterocycles. The first kappa shape index (κ1) is 26.4. The van der Waals surface area contributed by atoms with Crippen molar-refractivity contribution in [3.05, 3.63) is 63.6 Å². The van der Waals surface area contributed by atoms with E-state index in [0.717, 1.165) is 5.56 Å². The predicted molar refractivity (Wildman–Crippen MR) is 131 cm³/mol. The molecule has 0 aromatic heterocycles. The second-order valence-electron chi connectivity index (χ2n) is 9.51. The third-order valence-corrected chi connectivity index (χ3v) is 7.29. The molecule has 1 fully saturated rings. The molecule has 2 aromatic rings. The number of benzene rings is 2. The molecule has 1 saturated carbocycles. The van der Waals surface area contributed by atoms with Gasteiger partial charge in [0.25, 0.3) is 0 Å². The molecule has 0 saturated heterocycles. The van der Waals surface area contributed by atoms with Gasteiger partial charge in [-0.05, 0) is 59.6 Å². The lowest BCUT2D eigenvalue weighted by Gasteiger charge is -2.27. The summed E-state index contributed by atoms with van der Waals surface area (Å²) in [5.74, 6) is -6.40. The average molecular weight is 512 g/mol. The number of amides is 1. The van der Waals surface area contributed by atoms with Gasteiger partial charge in [0.1, 0.15) is 0 Å². The van der Waals surface area contributed by atoms with Gasteiger partial charge < -0.3 is 10.4 Å². The van der Waals surface area contributed by atoms with Crippen LogP contribution in [0.1, 0.15) is 63.0 Å². The molecule has 2 N–H and O–H groups in total. The molecule has 0 heterocycles. The van der Waals surface area contributed by atoms with E-state index in [1.54, 1.807) is 49.4 Å². The lowest BCUT2D eigenvalue weighted by molar-refractivity contribution is -0.142. The van der Waals surface area contributed by atoms with Gasteiger partial charge in [-0.3, -0.25) is 9.59 Å². The zero-order chi connectivity index (χ0) is 25.2. The standard InChI is InChI=1S/C26H29Cl2F2NO3/c1-14(2)22(15(3)25(33)34)17-6-9-20(28)21(12-17)31-24(32)23(16-4-7-19(27)8-5-16)18-10-11-26(29,30)13-18/h4-9,12,14-15,18,22-23H,10-11,13H2,1-3H3,(H,31,32)(H,33,34). The topological polar surface area (TPSA) is 66.4 Å². The largest absolute Gasteiger partial charge is 0.481 e. The first-order valence-electron chi connectivity index (χ1n) is 11.4. The van der Waals surface area contributed by atoms with Gasteiger partial charge in [0.15, 0.2) is 0 Å². The summed E-state index contributed by atoms with van der Waals surface area (Å²) in [6, 6.07) is 11.7. The number of carbonyl (C=O) groups excluding carboxylic acids is 1. The molecule has 184 valence electrons. The lowest BCUT2D eigenvalue weighted by atomic mass is 9.79. The van der Waals surface area contributed by atoms with Crippen LogP contribution in [0.25, 0.3) is 0 Å². The molecule has 4 unspecified atom stereocenters. The third kappa shape index (κ3) is 6.08. The highest BCUT2D eigenvalue weighted by Gasteiger charge is 2.45. The van der Waals surface area contributed by atoms with Crippen LogP contribution in [0.2, 0.25) is 10.0 Å². The van der Waals surface area contributed by atoms with Crippen LogP contribution in [-0.2, 0) is 9.59 Å². The van der Waals surface area contributed by atoms with Crippen LogP contribution in [0.3, 0.4) is 0 Å². The Labute approximate surface area is 208 Å². The SMILES string of the molecule is CC(C)C(c1ccc(Cl)c(NC(=O)C(c2ccc(Cl)cc2)C2CCC(F)(F)C2)c1)C(C)C(=O)O. The monoisotopic (exact) mass is 511 g/mol. The maximum absolute atomic E-state index is 14.0. The number of carbonyl (C=O) groups is 2. The fourth-order valence-corrected chi connectivity index (χ4v) is 5.33. The van der Waals surface area contributed by atoms with Gasteiger partial charge in [-0.2, -0.15) is 0 Å². The number of alkyl halides is 2. The quantitative estimate of drug-likeness (QED) is 0.383. The van der Waals surface area contributed by atoms with E-state index in [1.807, 2.05) is 13.8 Å². The number of nitrogens with one attached hydrogen (secondary N) is 1. The molecule has 2 aromatic carbocycles. The van der Waals surface area contributed by atoms with Crippen LogP contribution >= 0.6 is 23.2 Å². The van der Waals surface area contributed by atoms with Crippen LogP contribution in [0.4, 0.5) is 14.5 Å². The van der Waals surface area contributed by atoms with E-state index in [2.05, 4.69) is 5.32 Å². The Morgan fingerprint density at radius 2 is 1.68 bits per heavy atom. The minimum atomic E-state index is -2.80. The van der Waals surface area contributed by atoms with Crippen LogP contribution in [-0.4, -0.2) is 22.9 Å². The van der Waals surface area contributed by atoms with E-state index < -0.39 is 35.6 Å². The Kier molecular flexibility index (Phi) is 8.25. The maximum Gasteiger partial charge on any atom is 0.306 e. The number of carboxylic acid groups (broad SMARTS) is 1. The number of anilines is 1. The van der Waals surface area contributed by atoms with Gasteiger partial charge in [-0.1, -0.05) is 62.2 Å². The van der Waals surface area contributed by atoms with Gasteiger partial charge in [0, 0.05) is 17.9 Å². The number of rotatable bonds is 8. The minimum absolute atomic E-state index is 0.0263. The Hall–Kier alpha value is -2.18. The van der Waals surface area contributed by atoms with Gasteiger partial charge in [0.05, 0.1) is 22.5 Å². The van der Waals surface area contributed by atoms with Crippen LogP contribution < -0.4 is 5.32 Å². The van der Waals surface area contributed by atoms with Crippen molar-refractivity contribution in [2.45, 2.75) is 57.8 Å². The van der Waals surface area contributed by atoms with Crippen molar-refractivity contribution < 1.29 is 23.5 Å². The highest BCUT2D eigenvalue weighted by atomic mass is 35.5. The van der Waals surface area contributed by atoms with E-state index in [-0.39, 0.29) is 36.1 Å². The molecule has 4 atom stereocenters. The summed E-state index contributed by atoms with van der Waals surface area (Å²) in [5.41, 5.74) is 1.67. The highest BCUT2D eigenvalue weighted by Crippen LogP contribution is 2.46. The molecule has 0 spiro atoms. The molecule has 4 nitrogen and oxygen atoms in total. The summed E-state index contributed by atoms with van der Waals surface area (Å²) in [7, 11) is 0. The molecule has 0 bridgehead atoms. The molecule has 1 aliphatic carbocycles. The van der Waals surface area contributed by atoms with Gasteiger partial charge >= 0.3 is 5.97 Å². The second kappa shape index (κ2) is 10.6. The fourth-order valence-electron chi connectivity index (χ4n) is 5.04. The Bertz CT molecular complexity index is 1040. The average Bonchev–Trinajstić information content (AvgIpc) is 3.10. The zero-order valence-corrected chi connectivity index (χ0v) is 20.8. The van der Waals surface area contributed by atoms with E-state index in [9.17, 15) is 23.5 Å². The van der Waals surface area contributed by atoms with Crippen molar-refractivity contribution in [2.24, 2.45) is 17.8 Å². The van der Waals surface area contributed by atoms with E-state index >= 15 is 0 Å². The van der Waals surface area contributed by atoms with Crippen molar-refractivity contribution in [3.8, 4) is 0 Å². The van der Waals surface area contributed by atoms with Crippen LogP contribution in [0.15, 0.2) is 42.5 Å². The number of hydrogen-bond acceptors (Lipinski definition) is 2. The second-order valence-corrected chi connectivity index (χ2v) is 10.4. The number of carboxylic acids is 1. The molecule has 0 radical (unpaired) electrons. The van der Waals surface area contributed by atoms with E-state index in [4.69, 9.17) is 23.2 Å². The molecule has 1 amide bonds. The van der Waals surface area contributed by atoms with Crippen molar-refractivity contribution >= 4 is 40.8 Å². The normalized spacial score (nSPS) is 20.1. The van der Waals surface area contributed by atoms with Crippen molar-refractivity contribution in [1.82, 2.24) is 0 Å². The number of aliphatic carboxylic acids is 1. The first-order valence-corrected chi connectivity index (χ1v) is 12.1. The van der Waals surface area contributed by atoms with Crippen LogP contribution in [0, 0.1) is 17.8 Å².